The molecule has 0 saturated carbocycles. The van der Waals surface area contributed by atoms with Crippen LogP contribution in [0.3, 0.4) is 0 Å². The molecule has 0 amide bonds. The van der Waals surface area contributed by atoms with E-state index in [1.54, 1.807) is 0 Å². The first kappa shape index (κ1) is 91.7. The summed E-state index contributed by atoms with van der Waals surface area (Å²) in [7, 11) is -0.451. The first-order chi connectivity index (χ1) is 61.5. The number of fused-ring (bicyclic) bond motifs is 3. The molecule has 5 heteroatoms. The molecule has 18 aromatic rings. The van der Waals surface area contributed by atoms with Crippen LogP contribution >= 0.6 is 0 Å². The zero-order valence-electron chi connectivity index (χ0n) is 76.0. The highest BCUT2D eigenvalue weighted by Gasteiger charge is 2.36. The van der Waals surface area contributed by atoms with Crippen LogP contribution in [0, 0.1) is 0 Å². The highest BCUT2D eigenvalue weighted by Crippen LogP contribution is 2.43. The van der Waals surface area contributed by atoms with Gasteiger partial charge in [0.1, 0.15) is 10.9 Å². The van der Waals surface area contributed by atoms with Crippen molar-refractivity contribution in [2.24, 2.45) is 0 Å². The van der Waals surface area contributed by atoms with Crippen LogP contribution in [-0.4, -0.2) is 0 Å². The predicted molar refractivity (Wildman–Crippen MR) is 553 cm³/mol. The maximum absolute atomic E-state index is 2.33. The summed E-state index contributed by atoms with van der Waals surface area (Å²) >= 11 is 0. The lowest BCUT2D eigenvalue weighted by Crippen LogP contribution is -2.13. The van der Waals surface area contributed by atoms with E-state index < -0.39 is 0 Å². The van der Waals surface area contributed by atoms with Crippen molar-refractivity contribution in [1.82, 2.24) is 0 Å². The fourth-order valence-corrected chi connectivity index (χ4v) is 26.4. The summed E-state index contributed by atoms with van der Waals surface area (Å²) in [6, 6.07) is 168. The van der Waals surface area contributed by atoms with E-state index in [1.165, 1.54) is 153 Å². The van der Waals surface area contributed by atoms with Crippen molar-refractivity contribution < 1.29 is 0 Å². The fraction of sp³-hybridized carbons (Fsp3) is 0.164. The van der Waals surface area contributed by atoms with Crippen molar-refractivity contribution in [3.05, 3.63) is 489 Å². The lowest BCUT2D eigenvalue weighted by atomic mass is 9.87. The first-order valence-electron chi connectivity index (χ1n) is 44.6. The molecule has 634 valence electrons. The summed E-state index contributed by atoms with van der Waals surface area (Å²) in [4.78, 5) is 20.6. The van der Waals surface area contributed by atoms with E-state index in [0.29, 0.717) is 0 Å². The molecule has 0 fully saturated rings. The number of benzene rings is 18. The van der Waals surface area contributed by atoms with Crippen molar-refractivity contribution in [2.45, 2.75) is 204 Å². The average molecular weight is 1750 g/mol. The number of hydrogen-bond donors (Lipinski definition) is 0. The quantitative estimate of drug-likeness (QED) is 0.0751. The Morgan fingerprint density at radius 1 is 0.165 bits per heavy atom. The zero-order valence-corrected chi connectivity index (χ0v) is 80.1. The number of rotatable bonds is 18. The van der Waals surface area contributed by atoms with Gasteiger partial charge in [-0.2, -0.15) is 0 Å². The Bertz CT molecular complexity index is 6050. The van der Waals surface area contributed by atoms with E-state index in [9.17, 15) is 0 Å². The molecule has 0 saturated heterocycles. The molecule has 0 aliphatic rings. The SMILES string of the molecule is CC(C)(C)c1ccc([S+](c2ccc(C(C)(C)C)cc2)c2ccc(C(C)(C)C)cc2)cc1.CC(C)(C)c1ccc([S+](c2ccccc2)c2ccccc2)cc1.CCCCc1ccc([S+](c2ccccc2)c2ccccc2)cc1.c1ccc([S+](c2cccc3ccccc23)c2cccc3ccccc23)cc1.c1ccc([S+](c2ccccc2)c2cccc3ccccc23)cc1. The number of unbranched alkanes of at least 4 members (excludes halogenated alkanes) is 1. The molecule has 0 aliphatic heterocycles. The van der Waals surface area contributed by atoms with Crippen molar-refractivity contribution >= 4 is 86.8 Å². The van der Waals surface area contributed by atoms with Crippen LogP contribution in [0.2, 0.25) is 0 Å². The van der Waals surface area contributed by atoms with Gasteiger partial charge in [0.15, 0.2) is 73.4 Å². The lowest BCUT2D eigenvalue weighted by Gasteiger charge is -2.21. The van der Waals surface area contributed by atoms with Crippen LogP contribution in [0.1, 0.15) is 131 Å². The Morgan fingerprint density at radius 2 is 0.346 bits per heavy atom. The molecule has 18 rings (SSSR count). The van der Waals surface area contributed by atoms with Crippen molar-refractivity contribution in [3.63, 3.8) is 0 Å². The number of aryl methyl sites for hydroxylation is 1. The van der Waals surface area contributed by atoms with Gasteiger partial charge in [0.05, 0.1) is 43.6 Å². The van der Waals surface area contributed by atoms with Crippen molar-refractivity contribution in [2.75, 3.05) is 0 Å². The molecule has 127 heavy (non-hydrogen) atoms. The van der Waals surface area contributed by atoms with Crippen LogP contribution in [0.25, 0.3) is 32.3 Å². The molecular weight excluding hydrogens is 1630 g/mol. The van der Waals surface area contributed by atoms with E-state index in [1.807, 2.05) is 0 Å². The summed E-state index contributed by atoms with van der Waals surface area (Å²) in [5.41, 5.74) is 7.66. The Kier molecular flexibility index (Phi) is 31.3. The summed E-state index contributed by atoms with van der Waals surface area (Å²) in [6.45, 7) is 29.5. The fourth-order valence-electron chi connectivity index (χ4n) is 15.5. The molecule has 0 bridgehead atoms. The second kappa shape index (κ2) is 43.3. The van der Waals surface area contributed by atoms with Gasteiger partial charge in [0, 0.05) is 16.2 Å². The van der Waals surface area contributed by atoms with E-state index in [2.05, 4.69) is 551 Å². The zero-order chi connectivity index (χ0) is 88.8. The van der Waals surface area contributed by atoms with Gasteiger partial charge in [-0.3, -0.25) is 0 Å². The number of hydrogen-bond acceptors (Lipinski definition) is 0. The second-order valence-corrected chi connectivity index (χ2v) is 46.0. The maximum Gasteiger partial charge on any atom is 0.174 e. The summed E-state index contributed by atoms with van der Waals surface area (Å²) in [6.07, 6.45) is 3.70. The van der Waals surface area contributed by atoms with Crippen molar-refractivity contribution in [3.8, 4) is 0 Å². The van der Waals surface area contributed by atoms with Gasteiger partial charge < -0.3 is 0 Å². The third-order valence-electron chi connectivity index (χ3n) is 22.6. The predicted octanol–water partition coefficient (Wildman–Crippen LogP) is 33.9. The maximum atomic E-state index is 2.33. The lowest BCUT2D eigenvalue weighted by molar-refractivity contribution is 0.589. The minimum atomic E-state index is -0.164. The molecule has 0 spiro atoms. The molecule has 0 aromatic heterocycles. The Hall–Kier alpha value is -11.5. The monoisotopic (exact) mass is 1750 g/mol. The third kappa shape index (κ3) is 24.0. The van der Waals surface area contributed by atoms with E-state index in [-0.39, 0.29) is 76.1 Å². The molecule has 0 atom stereocenters. The highest BCUT2D eigenvalue weighted by molar-refractivity contribution is 7.98. The normalized spacial score (nSPS) is 11.6. The third-order valence-corrected chi connectivity index (χ3v) is 33.9. The largest absolute Gasteiger partial charge is 0.174 e. The summed E-state index contributed by atoms with van der Waals surface area (Å²) < 4.78 is 0. The summed E-state index contributed by atoms with van der Waals surface area (Å²) in [5.74, 6) is 0. The topological polar surface area (TPSA) is 0 Å². The van der Waals surface area contributed by atoms with Crippen LogP contribution in [0.15, 0.2) is 534 Å². The first-order valence-corrected chi connectivity index (χ1v) is 50.7. The average Bonchev–Trinajstić information content (AvgIpc) is 0.773. The molecular formula is C122H121S5+5. The van der Waals surface area contributed by atoms with E-state index >= 15 is 0 Å². The Labute approximate surface area is 773 Å². The molecule has 0 unspecified atom stereocenters. The van der Waals surface area contributed by atoms with Gasteiger partial charge in [0.25, 0.3) is 0 Å². The van der Waals surface area contributed by atoms with Gasteiger partial charge in [-0.05, 0) is 260 Å². The van der Waals surface area contributed by atoms with Crippen LogP contribution in [0.5, 0.6) is 0 Å². The summed E-state index contributed by atoms with van der Waals surface area (Å²) in [5, 5.41) is 7.90. The molecule has 0 N–H and O–H groups in total. The van der Waals surface area contributed by atoms with Gasteiger partial charge in [0.2, 0.25) is 0 Å². The second-order valence-electron chi connectivity index (χ2n) is 36.0. The van der Waals surface area contributed by atoms with Crippen LogP contribution < -0.4 is 0 Å². The van der Waals surface area contributed by atoms with E-state index in [0.717, 1.165) is 0 Å². The standard InChI is InChI=1S/C30H39S.C26H19S.C22H17S.2C22H23S/c1-28(2,3)22-10-16-25(17-11-22)31(26-18-12-23(13-19-26)29(4,5)6)27-20-14-24(15-21-27)30(7,8)9;1-2-14-22(15-3-1)27(25-18-8-12-20-10-4-6-16-23(20)25)26-19-9-13-21-11-5-7-17-24(21)26;1-3-12-19(13-4-1)23(20-14-5-2-6-15-20)22-17-9-11-18-10-7-8-16-21(18)22;1-22(2,3)18-14-16-21(17-15-18)23(19-10-6-4-7-11-19)20-12-8-5-9-13-20;1-2-3-10-19-15-17-22(18-16-19)23(20-11-6-4-7-12-20)21-13-8-5-9-14-21/h10-21H,1-9H3;1-19H;1-17H;4-17H,1-3H3;4-9,11-18H,2-3,10H2,1H3/q5*+1. The van der Waals surface area contributed by atoms with Crippen LogP contribution in [-0.2, 0) is 82.6 Å². The van der Waals surface area contributed by atoms with Crippen molar-refractivity contribution in [1.29, 1.82) is 0 Å². The Balaban J connectivity index is 0.000000129. The highest BCUT2D eigenvalue weighted by atomic mass is 32.2. The molecule has 0 aliphatic carbocycles. The minimum Gasteiger partial charge on any atom is -0.0654 e. The molecule has 18 aromatic carbocycles. The van der Waals surface area contributed by atoms with Gasteiger partial charge in [-0.15, -0.1) is 0 Å². The molecule has 0 heterocycles. The smallest absolute Gasteiger partial charge is 0.0654 e. The minimum absolute atomic E-state index is 0.0286. The van der Waals surface area contributed by atoms with E-state index in [4.69, 9.17) is 0 Å². The molecule has 0 radical (unpaired) electrons. The Morgan fingerprint density at radius 3 is 0.575 bits per heavy atom. The van der Waals surface area contributed by atoms with Gasteiger partial charge >= 0.3 is 0 Å². The molecule has 0 nitrogen and oxygen atoms in total. The van der Waals surface area contributed by atoms with Crippen LogP contribution in [0.4, 0.5) is 0 Å². The van der Waals surface area contributed by atoms with Gasteiger partial charge in [-0.1, -0.05) is 375 Å². The van der Waals surface area contributed by atoms with Gasteiger partial charge in [-0.25, -0.2) is 0 Å².